The molecule has 0 radical (unpaired) electrons. The number of hydrogen-bond donors (Lipinski definition) is 0. The first-order chi connectivity index (χ1) is 2.00. The van der Waals surface area contributed by atoms with Crippen LogP contribution >= 0.6 is 0 Å². The first-order valence-corrected chi connectivity index (χ1v) is 0.873. The molecule has 7 heavy (non-hydrogen) atoms. The molecular formula is H2BF4NaO. The van der Waals surface area contributed by atoms with Crippen molar-refractivity contribution in [1.82, 2.24) is 0 Å². The molecule has 0 unspecified atom stereocenters. The number of halogens is 4. The molecule has 0 spiro atoms. The second-order valence-electron chi connectivity index (χ2n) is 0.495. The Kier molecular flexibility index (Phi) is 10.9. The van der Waals surface area contributed by atoms with E-state index in [4.69, 9.17) is 0 Å². The quantitative estimate of drug-likeness (QED) is 0.280. The maximum Gasteiger partial charge on any atom is 1.00 e. The average Bonchev–Trinajstić information content (AvgIpc) is 0.722. The first-order valence-electron chi connectivity index (χ1n) is 0.873. The summed E-state index contributed by atoms with van der Waals surface area (Å²) in [5, 5.41) is 0. The molecule has 1 nitrogen and oxygen atoms in total. The van der Waals surface area contributed by atoms with Crippen LogP contribution in [0, 0.1) is 0 Å². The summed E-state index contributed by atoms with van der Waals surface area (Å²) in [6, 6.07) is 0. The largest absolute Gasteiger partial charge is 1.00 e. The Morgan fingerprint density at radius 1 is 1.00 bits per heavy atom. The van der Waals surface area contributed by atoms with E-state index in [1.807, 2.05) is 0 Å². The molecule has 1 N–H and O–H groups in total. The van der Waals surface area contributed by atoms with E-state index in [9.17, 15) is 17.3 Å². The van der Waals surface area contributed by atoms with Crippen LogP contribution in [-0.2, 0) is 0 Å². The molecule has 0 atom stereocenters. The summed E-state index contributed by atoms with van der Waals surface area (Å²) in [4.78, 5) is 0. The van der Waals surface area contributed by atoms with Gasteiger partial charge in [0.25, 0.3) is 0 Å². The average molecular weight is 128 g/mol. The van der Waals surface area contributed by atoms with Crippen LogP contribution in [0.4, 0.5) is 17.3 Å². The van der Waals surface area contributed by atoms with Crippen molar-refractivity contribution in [2.24, 2.45) is 0 Å². The van der Waals surface area contributed by atoms with E-state index in [1.165, 1.54) is 0 Å². The van der Waals surface area contributed by atoms with Gasteiger partial charge >= 0.3 is 38.2 Å². The van der Waals surface area contributed by atoms with Crippen molar-refractivity contribution >= 4 is 7.25 Å². The van der Waals surface area contributed by atoms with E-state index in [0.29, 0.717) is 0 Å². The van der Waals surface area contributed by atoms with Crippen molar-refractivity contribution in [1.29, 1.82) is 0 Å². The molecule has 0 aromatic carbocycles. The van der Waals surface area contributed by atoms with Gasteiger partial charge in [-0.3, -0.25) is 0 Å². The van der Waals surface area contributed by atoms with Crippen molar-refractivity contribution in [3.05, 3.63) is 0 Å². The van der Waals surface area contributed by atoms with Crippen molar-refractivity contribution in [2.75, 3.05) is 0 Å². The Bertz CT molecular complexity index is 31.5. The molecular weight excluding hydrogens is 126 g/mol. The Labute approximate surface area is 61.3 Å². The van der Waals surface area contributed by atoms with E-state index in [1.54, 1.807) is 0 Å². The summed E-state index contributed by atoms with van der Waals surface area (Å²) in [5.41, 5.74) is 0. The fourth-order valence-electron chi connectivity index (χ4n) is 0. The number of rotatable bonds is 0. The first kappa shape index (κ1) is 15.6. The van der Waals surface area contributed by atoms with Crippen LogP contribution in [0.2, 0.25) is 0 Å². The van der Waals surface area contributed by atoms with Crippen LogP contribution in [-0.4, -0.2) is 12.7 Å². The van der Waals surface area contributed by atoms with E-state index < -0.39 is 7.25 Å². The number of hydrogen-bond acceptors (Lipinski definition) is 1. The van der Waals surface area contributed by atoms with Crippen LogP contribution in [0.5, 0.6) is 0 Å². The van der Waals surface area contributed by atoms with Crippen LogP contribution in [0.1, 0.15) is 1.43 Å². The van der Waals surface area contributed by atoms with Gasteiger partial charge in [0.1, 0.15) is 0 Å². The fraction of sp³-hybridized carbons (Fsp3) is 0. The van der Waals surface area contributed by atoms with Crippen LogP contribution in [0.3, 0.4) is 0 Å². The molecule has 0 aliphatic carbocycles. The monoisotopic (exact) mass is 128 g/mol. The molecule has 0 saturated carbocycles. The van der Waals surface area contributed by atoms with Gasteiger partial charge in [-0.2, -0.15) is 0 Å². The smallest absolute Gasteiger partial charge is 0.870 e. The minimum Gasteiger partial charge on any atom is -0.870 e. The molecule has 0 saturated heterocycles. The zero-order chi connectivity index (χ0) is 4.50. The van der Waals surface area contributed by atoms with Gasteiger partial charge in [0.05, 0.1) is 0 Å². The van der Waals surface area contributed by atoms with Gasteiger partial charge < -0.3 is 22.7 Å². The molecule has 0 bridgehead atoms. The molecule has 0 aromatic heterocycles. The van der Waals surface area contributed by atoms with Gasteiger partial charge in [-0.25, -0.2) is 0 Å². The summed E-state index contributed by atoms with van der Waals surface area (Å²) in [6.07, 6.45) is 0. The van der Waals surface area contributed by atoms with Gasteiger partial charge in [-0.15, -0.1) is 0 Å². The molecule has 0 aliphatic rings. The van der Waals surface area contributed by atoms with Gasteiger partial charge in [-0.1, -0.05) is 0 Å². The van der Waals surface area contributed by atoms with E-state index in [0.717, 1.165) is 0 Å². The predicted molar refractivity (Wildman–Crippen MR) is 13.2 cm³/mol. The molecule has 0 amide bonds. The topological polar surface area (TPSA) is 30.0 Å². The molecule has 0 aromatic rings. The standard InChI is InChI=1S/BF4.Na.H2O/c2-1(3,4)5;;/h;;1H2/q-1;+1;. The molecule has 0 aliphatic heterocycles. The zero-order valence-electron chi connectivity index (χ0n) is 4.54. The Balaban J connectivity index is -0.0000000267. The summed E-state index contributed by atoms with van der Waals surface area (Å²) in [5.74, 6) is 0. The summed E-state index contributed by atoms with van der Waals surface area (Å²) in [6.45, 7) is 0. The Hall–Kier alpha value is 0.745. The molecule has 7 heteroatoms. The normalized spacial score (nSPS) is 8.57. The summed E-state index contributed by atoms with van der Waals surface area (Å²) >= 11 is 0. The summed E-state index contributed by atoms with van der Waals surface area (Å²) in [7, 11) is -6.00. The van der Waals surface area contributed by atoms with Crippen LogP contribution in [0.15, 0.2) is 0 Å². The zero-order valence-corrected chi connectivity index (χ0v) is 5.54. The fourth-order valence-corrected chi connectivity index (χ4v) is 0. The predicted octanol–water partition coefficient (Wildman–Crippen LogP) is -1.76. The van der Waals surface area contributed by atoms with Crippen molar-refractivity contribution < 1.29 is 53.7 Å². The molecule has 40 valence electrons. The second kappa shape index (κ2) is 4.89. The second-order valence-corrected chi connectivity index (χ2v) is 0.495. The Morgan fingerprint density at radius 3 is 1.00 bits per heavy atom. The van der Waals surface area contributed by atoms with Crippen molar-refractivity contribution in [2.45, 2.75) is 0 Å². The van der Waals surface area contributed by atoms with Gasteiger partial charge in [0.15, 0.2) is 0 Å². The molecule has 0 heterocycles. The Morgan fingerprint density at radius 2 is 1.00 bits per heavy atom. The van der Waals surface area contributed by atoms with Crippen LogP contribution < -0.4 is 29.6 Å². The molecule has 0 rings (SSSR count). The maximum absolute atomic E-state index is 9.75. The summed E-state index contributed by atoms with van der Waals surface area (Å²) < 4.78 is 39.0. The molecule has 0 fully saturated rings. The SMILES string of the molecule is F[B-](F)(F)F.[H+].[Na+].[OH-]. The van der Waals surface area contributed by atoms with E-state index in [-0.39, 0.29) is 36.5 Å². The van der Waals surface area contributed by atoms with E-state index >= 15 is 0 Å². The third kappa shape index (κ3) is 274. The van der Waals surface area contributed by atoms with Gasteiger partial charge in [0, 0.05) is 0 Å². The van der Waals surface area contributed by atoms with Gasteiger partial charge in [0.2, 0.25) is 0 Å². The van der Waals surface area contributed by atoms with Crippen molar-refractivity contribution in [3.8, 4) is 0 Å². The van der Waals surface area contributed by atoms with Crippen LogP contribution in [0.25, 0.3) is 0 Å². The van der Waals surface area contributed by atoms with E-state index in [2.05, 4.69) is 0 Å². The maximum atomic E-state index is 9.75. The minimum atomic E-state index is -6.00. The minimum absolute atomic E-state index is 0. The third-order valence-corrected chi connectivity index (χ3v) is 0. The van der Waals surface area contributed by atoms with Crippen molar-refractivity contribution in [3.63, 3.8) is 0 Å². The third-order valence-electron chi connectivity index (χ3n) is 0. The van der Waals surface area contributed by atoms with Gasteiger partial charge in [-0.05, 0) is 0 Å².